The molecule has 1 N–H and O–H groups in total. The van der Waals surface area contributed by atoms with E-state index in [1.807, 2.05) is 30.5 Å². The number of hydrogen-bond donors (Lipinski definition) is 1. The first-order valence-corrected chi connectivity index (χ1v) is 5.72. The lowest BCUT2D eigenvalue weighted by atomic mass is 10.1. The molecule has 0 amide bonds. The van der Waals surface area contributed by atoms with Crippen molar-refractivity contribution in [2.75, 3.05) is 13.7 Å². The van der Waals surface area contributed by atoms with Crippen molar-refractivity contribution >= 4 is 11.9 Å². The van der Waals surface area contributed by atoms with Crippen molar-refractivity contribution in [3.63, 3.8) is 0 Å². The zero-order valence-electron chi connectivity index (χ0n) is 9.81. The summed E-state index contributed by atoms with van der Waals surface area (Å²) in [6.45, 7) is 3.34. The van der Waals surface area contributed by atoms with E-state index in [0.717, 1.165) is 18.0 Å². The Balaban J connectivity index is 2.10. The van der Waals surface area contributed by atoms with Gasteiger partial charge < -0.3 is 10.1 Å². The third kappa shape index (κ3) is 2.42. The van der Waals surface area contributed by atoms with Crippen LogP contribution in [0.5, 0.6) is 5.75 Å². The average Bonchev–Trinajstić information content (AvgIpc) is 2.72. The molecular formula is C13H18N2O. The van der Waals surface area contributed by atoms with E-state index in [2.05, 4.69) is 17.2 Å². The van der Waals surface area contributed by atoms with E-state index in [1.54, 1.807) is 7.11 Å². The normalized spacial score (nSPS) is 25.1. The quantitative estimate of drug-likeness (QED) is 0.790. The summed E-state index contributed by atoms with van der Waals surface area (Å²) in [7, 11) is 1.67. The second-order valence-electron chi connectivity index (χ2n) is 4.20. The van der Waals surface area contributed by atoms with Gasteiger partial charge in [0.05, 0.1) is 7.11 Å². The van der Waals surface area contributed by atoms with E-state index in [1.165, 1.54) is 6.42 Å². The van der Waals surface area contributed by atoms with Crippen LogP contribution in [0.1, 0.15) is 13.3 Å². The van der Waals surface area contributed by atoms with Crippen LogP contribution in [0.15, 0.2) is 29.3 Å². The second-order valence-corrected chi connectivity index (χ2v) is 4.20. The number of nitrogens with one attached hydrogen (secondary N) is 1. The number of benzene rings is 1. The summed E-state index contributed by atoms with van der Waals surface area (Å²) in [6, 6.07) is 8.21. The molecule has 0 saturated carbocycles. The van der Waals surface area contributed by atoms with Gasteiger partial charge in [-0.05, 0) is 31.0 Å². The molecule has 0 spiro atoms. The SMILES string of the molecule is COc1ccccc1N=CC1NCCC1C. The molecule has 1 aromatic rings. The van der Waals surface area contributed by atoms with Crippen LogP contribution in [0.25, 0.3) is 0 Å². The van der Waals surface area contributed by atoms with Crippen molar-refractivity contribution in [3.05, 3.63) is 24.3 Å². The van der Waals surface area contributed by atoms with Crippen LogP contribution in [-0.2, 0) is 0 Å². The van der Waals surface area contributed by atoms with Crippen LogP contribution in [0, 0.1) is 5.92 Å². The molecule has 2 unspecified atom stereocenters. The Labute approximate surface area is 96.5 Å². The first kappa shape index (κ1) is 11.1. The summed E-state index contributed by atoms with van der Waals surface area (Å²) in [5, 5.41) is 3.42. The first-order chi connectivity index (χ1) is 7.81. The van der Waals surface area contributed by atoms with Gasteiger partial charge in [0.25, 0.3) is 0 Å². The van der Waals surface area contributed by atoms with Gasteiger partial charge in [-0.3, -0.25) is 4.99 Å². The highest BCUT2D eigenvalue weighted by Gasteiger charge is 2.20. The van der Waals surface area contributed by atoms with E-state index < -0.39 is 0 Å². The van der Waals surface area contributed by atoms with Crippen molar-refractivity contribution in [1.29, 1.82) is 0 Å². The summed E-state index contributed by atoms with van der Waals surface area (Å²) in [5.41, 5.74) is 0.894. The number of para-hydroxylation sites is 2. The van der Waals surface area contributed by atoms with Gasteiger partial charge in [-0.15, -0.1) is 0 Å². The number of rotatable bonds is 3. The minimum atomic E-state index is 0.393. The summed E-state index contributed by atoms with van der Waals surface area (Å²) in [4.78, 5) is 4.50. The molecule has 0 aromatic heterocycles. The summed E-state index contributed by atoms with van der Waals surface area (Å²) >= 11 is 0. The predicted octanol–water partition coefficient (Wildman–Crippen LogP) is 2.40. The van der Waals surface area contributed by atoms with Gasteiger partial charge in [0.2, 0.25) is 0 Å². The fraction of sp³-hybridized carbons (Fsp3) is 0.462. The fourth-order valence-electron chi connectivity index (χ4n) is 1.96. The molecule has 1 saturated heterocycles. The van der Waals surface area contributed by atoms with Crippen molar-refractivity contribution in [2.45, 2.75) is 19.4 Å². The maximum atomic E-state index is 5.25. The largest absolute Gasteiger partial charge is 0.494 e. The Morgan fingerprint density at radius 1 is 1.44 bits per heavy atom. The lowest BCUT2D eigenvalue weighted by Crippen LogP contribution is -2.26. The molecular weight excluding hydrogens is 200 g/mol. The van der Waals surface area contributed by atoms with E-state index in [9.17, 15) is 0 Å². The molecule has 0 radical (unpaired) electrons. The Bertz CT molecular complexity index is 376. The van der Waals surface area contributed by atoms with Crippen LogP contribution in [0.3, 0.4) is 0 Å². The van der Waals surface area contributed by atoms with Gasteiger partial charge in [-0.1, -0.05) is 19.1 Å². The first-order valence-electron chi connectivity index (χ1n) is 5.72. The highest BCUT2D eigenvalue weighted by molar-refractivity contribution is 5.71. The Morgan fingerprint density at radius 2 is 2.25 bits per heavy atom. The van der Waals surface area contributed by atoms with E-state index in [0.29, 0.717) is 12.0 Å². The van der Waals surface area contributed by atoms with Crippen molar-refractivity contribution < 1.29 is 4.74 Å². The minimum Gasteiger partial charge on any atom is -0.494 e. The highest BCUT2D eigenvalue weighted by Crippen LogP contribution is 2.26. The van der Waals surface area contributed by atoms with Crippen molar-refractivity contribution in [3.8, 4) is 5.75 Å². The molecule has 0 aliphatic carbocycles. The lowest BCUT2D eigenvalue weighted by molar-refractivity contribution is 0.416. The smallest absolute Gasteiger partial charge is 0.144 e. The minimum absolute atomic E-state index is 0.393. The second kappa shape index (κ2) is 5.12. The van der Waals surface area contributed by atoms with Gasteiger partial charge in [0, 0.05) is 12.3 Å². The van der Waals surface area contributed by atoms with Crippen molar-refractivity contribution in [2.24, 2.45) is 10.9 Å². The van der Waals surface area contributed by atoms with Gasteiger partial charge in [0.15, 0.2) is 0 Å². The third-order valence-electron chi connectivity index (χ3n) is 3.05. The van der Waals surface area contributed by atoms with Gasteiger partial charge in [-0.25, -0.2) is 0 Å². The van der Waals surface area contributed by atoms with Crippen molar-refractivity contribution in [1.82, 2.24) is 5.32 Å². The van der Waals surface area contributed by atoms with Crippen LogP contribution >= 0.6 is 0 Å². The zero-order chi connectivity index (χ0) is 11.4. The van der Waals surface area contributed by atoms with Crippen LogP contribution in [-0.4, -0.2) is 25.9 Å². The summed E-state index contributed by atoms with van der Waals surface area (Å²) < 4.78 is 5.25. The Morgan fingerprint density at radius 3 is 2.94 bits per heavy atom. The lowest BCUT2D eigenvalue weighted by Gasteiger charge is -2.09. The molecule has 2 rings (SSSR count). The third-order valence-corrected chi connectivity index (χ3v) is 3.05. The molecule has 16 heavy (non-hydrogen) atoms. The molecule has 3 heteroatoms. The van der Waals surface area contributed by atoms with E-state index >= 15 is 0 Å². The highest BCUT2D eigenvalue weighted by atomic mass is 16.5. The molecule has 1 aliphatic heterocycles. The van der Waals surface area contributed by atoms with Crippen LogP contribution in [0.2, 0.25) is 0 Å². The number of nitrogens with zero attached hydrogens (tertiary/aromatic N) is 1. The maximum Gasteiger partial charge on any atom is 0.144 e. The zero-order valence-corrected chi connectivity index (χ0v) is 9.81. The standard InChI is InChI=1S/C13H18N2O/c1-10-7-8-14-12(10)9-15-11-5-3-4-6-13(11)16-2/h3-6,9-10,12,14H,7-8H2,1-2H3. The van der Waals surface area contributed by atoms with Gasteiger partial charge in [0.1, 0.15) is 11.4 Å². The summed E-state index contributed by atoms with van der Waals surface area (Å²) in [5.74, 6) is 1.49. The van der Waals surface area contributed by atoms with Gasteiger partial charge >= 0.3 is 0 Å². The van der Waals surface area contributed by atoms with E-state index in [-0.39, 0.29) is 0 Å². The predicted molar refractivity (Wildman–Crippen MR) is 66.7 cm³/mol. The molecule has 3 nitrogen and oxygen atoms in total. The van der Waals surface area contributed by atoms with Crippen LogP contribution in [0.4, 0.5) is 5.69 Å². The molecule has 1 aromatic carbocycles. The Hall–Kier alpha value is -1.35. The number of hydrogen-bond acceptors (Lipinski definition) is 3. The number of methoxy groups -OCH3 is 1. The van der Waals surface area contributed by atoms with Gasteiger partial charge in [-0.2, -0.15) is 0 Å². The molecule has 1 aliphatic rings. The maximum absolute atomic E-state index is 5.25. The molecule has 1 fully saturated rings. The Kier molecular flexibility index (Phi) is 3.57. The molecule has 86 valence electrons. The fourth-order valence-corrected chi connectivity index (χ4v) is 1.96. The topological polar surface area (TPSA) is 33.6 Å². The monoisotopic (exact) mass is 218 g/mol. The van der Waals surface area contributed by atoms with Crippen LogP contribution < -0.4 is 10.1 Å². The molecule has 1 heterocycles. The molecule has 0 bridgehead atoms. The average molecular weight is 218 g/mol. The van der Waals surface area contributed by atoms with E-state index in [4.69, 9.17) is 4.74 Å². The molecule has 2 atom stereocenters. The number of aliphatic imine (C=N–C) groups is 1. The number of ether oxygens (including phenoxy) is 1. The summed E-state index contributed by atoms with van der Waals surface area (Å²) in [6.07, 6.45) is 3.22.